The Bertz CT molecular complexity index is 1100. The van der Waals surface area contributed by atoms with Crippen LogP contribution in [0.25, 0.3) is 11.0 Å². The maximum atomic E-state index is 13.0. The summed E-state index contributed by atoms with van der Waals surface area (Å²) < 4.78 is 22.6. The molecule has 0 aliphatic carbocycles. The van der Waals surface area contributed by atoms with Crippen molar-refractivity contribution in [3.8, 4) is 23.0 Å². The van der Waals surface area contributed by atoms with Crippen LogP contribution in [0.2, 0.25) is 0 Å². The number of para-hydroxylation sites is 2. The predicted molar refractivity (Wildman–Crippen MR) is 110 cm³/mol. The Hall–Kier alpha value is -3.28. The van der Waals surface area contributed by atoms with Gasteiger partial charge in [-0.1, -0.05) is 12.1 Å². The van der Waals surface area contributed by atoms with Crippen molar-refractivity contribution in [1.82, 2.24) is 0 Å². The SMILES string of the molecule is CCOc1ccccc1Oc1c(C)oc2cc(OC(=O)C(C)(C)C)ccc2c1=O. The second kappa shape index (κ2) is 7.99. The molecule has 0 unspecified atom stereocenters. The summed E-state index contributed by atoms with van der Waals surface area (Å²) in [7, 11) is 0. The Kier molecular flexibility index (Phi) is 5.64. The zero-order chi connectivity index (χ0) is 21.2. The van der Waals surface area contributed by atoms with E-state index < -0.39 is 5.41 Å². The molecule has 152 valence electrons. The molecular formula is C23H24O6. The molecule has 0 spiro atoms. The van der Waals surface area contributed by atoms with Crippen LogP contribution in [0.15, 0.2) is 51.7 Å². The molecule has 0 amide bonds. The lowest BCUT2D eigenvalue weighted by molar-refractivity contribution is -0.142. The zero-order valence-corrected chi connectivity index (χ0v) is 17.2. The van der Waals surface area contributed by atoms with Crippen molar-refractivity contribution in [2.45, 2.75) is 34.6 Å². The van der Waals surface area contributed by atoms with E-state index in [4.69, 9.17) is 18.6 Å². The molecule has 0 atom stereocenters. The maximum Gasteiger partial charge on any atom is 0.316 e. The molecule has 3 aromatic rings. The monoisotopic (exact) mass is 396 g/mol. The summed E-state index contributed by atoms with van der Waals surface area (Å²) >= 11 is 0. The molecule has 1 aromatic heterocycles. The topological polar surface area (TPSA) is 75.0 Å². The Labute approximate surface area is 169 Å². The first-order valence-electron chi connectivity index (χ1n) is 9.40. The van der Waals surface area contributed by atoms with Gasteiger partial charge in [0.05, 0.1) is 17.4 Å². The van der Waals surface area contributed by atoms with Gasteiger partial charge in [-0.05, 0) is 58.9 Å². The Morgan fingerprint density at radius 2 is 1.76 bits per heavy atom. The maximum absolute atomic E-state index is 13.0. The third kappa shape index (κ3) is 4.42. The third-order valence-electron chi connectivity index (χ3n) is 4.17. The van der Waals surface area contributed by atoms with E-state index in [1.165, 1.54) is 6.07 Å². The van der Waals surface area contributed by atoms with Crippen molar-refractivity contribution < 1.29 is 23.4 Å². The first-order chi connectivity index (χ1) is 13.7. The molecule has 0 bridgehead atoms. The number of aryl methyl sites for hydroxylation is 1. The number of fused-ring (bicyclic) bond motifs is 1. The van der Waals surface area contributed by atoms with E-state index in [9.17, 15) is 9.59 Å². The lowest BCUT2D eigenvalue weighted by Gasteiger charge is -2.16. The van der Waals surface area contributed by atoms with Crippen molar-refractivity contribution in [3.63, 3.8) is 0 Å². The fourth-order valence-electron chi connectivity index (χ4n) is 2.63. The van der Waals surface area contributed by atoms with Gasteiger partial charge >= 0.3 is 5.97 Å². The van der Waals surface area contributed by atoms with Crippen LogP contribution in [0, 0.1) is 12.3 Å². The standard InChI is InChI=1S/C23H24O6/c1-6-26-17-9-7-8-10-18(17)29-21-14(2)27-19-13-15(11-12-16(19)20(21)24)28-22(25)23(3,4)5/h7-13H,6H2,1-5H3. The van der Waals surface area contributed by atoms with Crippen LogP contribution in [0.1, 0.15) is 33.5 Å². The molecule has 6 nitrogen and oxygen atoms in total. The van der Waals surface area contributed by atoms with Gasteiger partial charge in [-0.25, -0.2) is 0 Å². The number of carbonyl (C=O) groups excluding carboxylic acids is 1. The number of hydrogen-bond acceptors (Lipinski definition) is 6. The van der Waals surface area contributed by atoms with E-state index in [-0.39, 0.29) is 17.1 Å². The van der Waals surface area contributed by atoms with E-state index in [1.54, 1.807) is 58.0 Å². The van der Waals surface area contributed by atoms with Crippen molar-refractivity contribution in [3.05, 3.63) is 58.4 Å². The van der Waals surface area contributed by atoms with Crippen LogP contribution >= 0.6 is 0 Å². The summed E-state index contributed by atoms with van der Waals surface area (Å²) in [5.74, 6) is 1.31. The quantitative estimate of drug-likeness (QED) is 0.433. The van der Waals surface area contributed by atoms with Crippen molar-refractivity contribution in [2.24, 2.45) is 5.41 Å². The molecule has 0 aliphatic heterocycles. The van der Waals surface area contributed by atoms with Gasteiger partial charge < -0.3 is 18.6 Å². The molecule has 0 saturated carbocycles. The zero-order valence-electron chi connectivity index (χ0n) is 17.2. The Morgan fingerprint density at radius 3 is 2.41 bits per heavy atom. The third-order valence-corrected chi connectivity index (χ3v) is 4.17. The van der Waals surface area contributed by atoms with Crippen LogP contribution in [0.3, 0.4) is 0 Å². The average Bonchev–Trinajstić information content (AvgIpc) is 2.65. The molecule has 1 heterocycles. The highest BCUT2D eigenvalue weighted by molar-refractivity contribution is 5.82. The second-order valence-electron chi connectivity index (χ2n) is 7.60. The van der Waals surface area contributed by atoms with Gasteiger partial charge in [0.15, 0.2) is 11.5 Å². The summed E-state index contributed by atoms with van der Waals surface area (Å²) in [6.07, 6.45) is 0. The lowest BCUT2D eigenvalue weighted by atomic mass is 9.97. The first kappa shape index (κ1) is 20.5. The van der Waals surface area contributed by atoms with Gasteiger partial charge in [-0.15, -0.1) is 0 Å². The predicted octanol–water partition coefficient (Wildman–Crippen LogP) is 5.24. The van der Waals surface area contributed by atoms with Crippen molar-refractivity contribution >= 4 is 16.9 Å². The highest BCUT2D eigenvalue weighted by atomic mass is 16.5. The van der Waals surface area contributed by atoms with Gasteiger partial charge in [-0.2, -0.15) is 0 Å². The molecule has 0 aliphatic rings. The molecule has 0 saturated heterocycles. The van der Waals surface area contributed by atoms with E-state index in [1.807, 2.05) is 13.0 Å². The fourth-order valence-corrected chi connectivity index (χ4v) is 2.63. The Balaban J connectivity index is 1.99. The van der Waals surface area contributed by atoms with Gasteiger partial charge in [-0.3, -0.25) is 9.59 Å². The van der Waals surface area contributed by atoms with E-state index in [0.29, 0.717) is 40.6 Å². The lowest BCUT2D eigenvalue weighted by Crippen LogP contribution is -2.25. The molecule has 0 radical (unpaired) electrons. The Morgan fingerprint density at radius 1 is 1.07 bits per heavy atom. The van der Waals surface area contributed by atoms with Crippen LogP contribution in [-0.2, 0) is 4.79 Å². The van der Waals surface area contributed by atoms with E-state index in [0.717, 1.165) is 0 Å². The first-order valence-corrected chi connectivity index (χ1v) is 9.40. The number of benzene rings is 2. The number of carbonyl (C=O) groups is 1. The van der Waals surface area contributed by atoms with Crippen LogP contribution in [-0.4, -0.2) is 12.6 Å². The van der Waals surface area contributed by atoms with Gasteiger partial charge in [0, 0.05) is 6.07 Å². The molecule has 29 heavy (non-hydrogen) atoms. The molecule has 6 heteroatoms. The molecule has 2 aromatic carbocycles. The van der Waals surface area contributed by atoms with Gasteiger partial charge in [0.1, 0.15) is 17.1 Å². The largest absolute Gasteiger partial charge is 0.490 e. The van der Waals surface area contributed by atoms with E-state index >= 15 is 0 Å². The number of hydrogen-bond donors (Lipinski definition) is 0. The number of esters is 1. The summed E-state index contributed by atoms with van der Waals surface area (Å²) in [6, 6.07) is 11.8. The fraction of sp³-hybridized carbons (Fsp3) is 0.304. The minimum atomic E-state index is -0.642. The highest BCUT2D eigenvalue weighted by Gasteiger charge is 2.24. The molecule has 0 fully saturated rings. The highest BCUT2D eigenvalue weighted by Crippen LogP contribution is 2.33. The minimum Gasteiger partial charge on any atom is -0.490 e. The summed E-state index contributed by atoms with van der Waals surface area (Å²) in [5, 5.41) is 0.329. The number of rotatable bonds is 5. The van der Waals surface area contributed by atoms with Gasteiger partial charge in [0.2, 0.25) is 11.2 Å². The smallest absolute Gasteiger partial charge is 0.316 e. The van der Waals surface area contributed by atoms with Crippen LogP contribution < -0.4 is 19.6 Å². The average molecular weight is 396 g/mol. The van der Waals surface area contributed by atoms with Crippen LogP contribution in [0.4, 0.5) is 0 Å². The molecule has 3 rings (SSSR count). The second-order valence-corrected chi connectivity index (χ2v) is 7.60. The van der Waals surface area contributed by atoms with E-state index in [2.05, 4.69) is 0 Å². The summed E-state index contributed by atoms with van der Waals surface area (Å²) in [5.41, 5.74) is -0.641. The molecule has 0 N–H and O–H groups in total. The minimum absolute atomic E-state index is 0.0871. The summed E-state index contributed by atoms with van der Waals surface area (Å²) in [6.45, 7) is 9.30. The molecular weight excluding hydrogens is 372 g/mol. The normalized spacial score (nSPS) is 11.3. The van der Waals surface area contributed by atoms with Gasteiger partial charge in [0.25, 0.3) is 0 Å². The van der Waals surface area contributed by atoms with Crippen molar-refractivity contribution in [2.75, 3.05) is 6.61 Å². The number of ether oxygens (including phenoxy) is 3. The summed E-state index contributed by atoms with van der Waals surface area (Å²) in [4.78, 5) is 25.1. The van der Waals surface area contributed by atoms with Crippen LogP contribution in [0.5, 0.6) is 23.0 Å². The van der Waals surface area contributed by atoms with Crippen molar-refractivity contribution in [1.29, 1.82) is 0 Å².